The summed E-state index contributed by atoms with van der Waals surface area (Å²) in [6.07, 6.45) is 0. The molecule has 116 valence electrons. The van der Waals surface area contributed by atoms with Gasteiger partial charge in [-0.05, 0) is 24.3 Å². The van der Waals surface area contributed by atoms with Crippen LogP contribution in [0.5, 0.6) is 5.75 Å². The number of hydrogen-bond donors (Lipinski definition) is 0. The van der Waals surface area contributed by atoms with Gasteiger partial charge in [-0.15, -0.1) is 0 Å². The molecule has 0 radical (unpaired) electrons. The highest BCUT2D eigenvalue weighted by Gasteiger charge is 2.43. The lowest BCUT2D eigenvalue weighted by atomic mass is 9.90. The number of benzene rings is 2. The van der Waals surface area contributed by atoms with Crippen LogP contribution in [0.2, 0.25) is 0 Å². The van der Waals surface area contributed by atoms with Gasteiger partial charge in [-0.2, -0.15) is 0 Å². The summed E-state index contributed by atoms with van der Waals surface area (Å²) in [6.45, 7) is 5.59. The van der Waals surface area contributed by atoms with Crippen LogP contribution >= 0.6 is 0 Å². The van der Waals surface area contributed by atoms with Gasteiger partial charge in [0.2, 0.25) is 5.79 Å². The third-order valence-corrected chi connectivity index (χ3v) is 3.96. The molecule has 0 spiro atoms. The number of rotatable bonds is 3. The van der Waals surface area contributed by atoms with Gasteiger partial charge >= 0.3 is 0 Å². The first-order chi connectivity index (χ1) is 10.6. The Morgan fingerprint density at radius 1 is 0.818 bits per heavy atom. The summed E-state index contributed by atoms with van der Waals surface area (Å²) in [5, 5.41) is 0. The lowest BCUT2D eigenvalue weighted by Crippen LogP contribution is -2.46. The van der Waals surface area contributed by atoms with Crippen molar-refractivity contribution in [1.29, 1.82) is 0 Å². The van der Waals surface area contributed by atoms with Crippen LogP contribution in [0.4, 0.5) is 0 Å². The summed E-state index contributed by atoms with van der Waals surface area (Å²) in [5.74, 6) is -0.0219. The Labute approximate surface area is 131 Å². The van der Waals surface area contributed by atoms with Gasteiger partial charge < -0.3 is 14.2 Å². The summed E-state index contributed by atoms with van der Waals surface area (Å²) in [6, 6.07) is 18.0. The number of hydrogen-bond acceptors (Lipinski definition) is 3. The lowest BCUT2D eigenvalue weighted by Gasteiger charge is -2.44. The fraction of sp³-hybridized carbons (Fsp3) is 0.368. The second kappa shape index (κ2) is 5.75. The smallest absolute Gasteiger partial charge is 0.222 e. The van der Waals surface area contributed by atoms with Crippen LogP contribution in [0.15, 0.2) is 54.6 Å². The van der Waals surface area contributed by atoms with E-state index in [9.17, 15) is 0 Å². The quantitative estimate of drug-likeness (QED) is 0.858. The van der Waals surface area contributed by atoms with E-state index in [0.717, 1.165) is 16.9 Å². The van der Waals surface area contributed by atoms with Gasteiger partial charge in [0, 0.05) is 16.5 Å². The molecule has 0 bridgehead atoms. The third kappa shape index (κ3) is 2.74. The highest BCUT2D eigenvalue weighted by Crippen LogP contribution is 2.41. The van der Waals surface area contributed by atoms with Crippen LogP contribution in [0.3, 0.4) is 0 Å². The Bertz CT molecular complexity index is 607. The van der Waals surface area contributed by atoms with Gasteiger partial charge in [-0.3, -0.25) is 0 Å². The lowest BCUT2D eigenvalue weighted by molar-refractivity contribution is -0.284. The highest BCUT2D eigenvalue weighted by molar-refractivity contribution is 5.37. The predicted molar refractivity (Wildman–Crippen MR) is 85.9 cm³/mol. The Morgan fingerprint density at radius 3 is 1.91 bits per heavy atom. The molecular formula is C19H22O3. The van der Waals surface area contributed by atoms with Crippen molar-refractivity contribution in [3.05, 3.63) is 65.7 Å². The van der Waals surface area contributed by atoms with E-state index in [0.29, 0.717) is 13.2 Å². The predicted octanol–water partition coefficient (Wildman–Crippen LogP) is 3.97. The summed E-state index contributed by atoms with van der Waals surface area (Å²) in [5.41, 5.74) is 2.01. The van der Waals surface area contributed by atoms with E-state index in [1.54, 1.807) is 7.11 Å². The zero-order valence-electron chi connectivity index (χ0n) is 13.3. The van der Waals surface area contributed by atoms with Crippen molar-refractivity contribution in [3.63, 3.8) is 0 Å². The molecule has 3 rings (SSSR count). The molecule has 0 aliphatic carbocycles. The normalized spacial score (nSPS) is 19.6. The van der Waals surface area contributed by atoms with Crippen molar-refractivity contribution in [2.45, 2.75) is 19.6 Å². The van der Waals surface area contributed by atoms with E-state index < -0.39 is 5.79 Å². The second-order valence-corrected chi connectivity index (χ2v) is 6.45. The van der Waals surface area contributed by atoms with Gasteiger partial charge in [-0.25, -0.2) is 0 Å². The zero-order chi connectivity index (χ0) is 15.6. The van der Waals surface area contributed by atoms with Crippen molar-refractivity contribution in [2.24, 2.45) is 5.41 Å². The molecule has 0 saturated carbocycles. The maximum Gasteiger partial charge on any atom is 0.222 e. The van der Waals surface area contributed by atoms with Gasteiger partial charge in [-0.1, -0.05) is 44.2 Å². The standard InChI is InChI=1S/C19H22O3/c1-18(2)13-21-19(22-14-18,15-7-5-4-6-8-15)16-9-11-17(20-3)12-10-16/h4-12H,13-14H2,1-3H3. The maximum atomic E-state index is 6.26. The SMILES string of the molecule is COc1ccc(C2(c3ccccc3)OCC(C)(C)CO2)cc1. The van der Waals surface area contributed by atoms with Crippen molar-refractivity contribution in [1.82, 2.24) is 0 Å². The molecule has 1 heterocycles. The molecule has 3 heteroatoms. The van der Waals surface area contributed by atoms with Crippen LogP contribution < -0.4 is 4.74 Å². The van der Waals surface area contributed by atoms with Gasteiger partial charge in [0.25, 0.3) is 0 Å². The van der Waals surface area contributed by atoms with Crippen molar-refractivity contribution in [2.75, 3.05) is 20.3 Å². The largest absolute Gasteiger partial charge is 0.497 e. The summed E-state index contributed by atoms with van der Waals surface area (Å²) >= 11 is 0. The van der Waals surface area contributed by atoms with Gasteiger partial charge in [0.1, 0.15) is 5.75 Å². The summed E-state index contributed by atoms with van der Waals surface area (Å²) < 4.78 is 17.8. The van der Waals surface area contributed by atoms with E-state index in [4.69, 9.17) is 14.2 Å². The first-order valence-electron chi connectivity index (χ1n) is 7.54. The fourth-order valence-corrected chi connectivity index (χ4v) is 2.65. The van der Waals surface area contributed by atoms with Crippen LogP contribution in [0, 0.1) is 5.41 Å². The summed E-state index contributed by atoms with van der Waals surface area (Å²) in [7, 11) is 1.66. The Balaban J connectivity index is 2.03. The molecule has 0 amide bonds. The number of methoxy groups -OCH3 is 1. The molecule has 22 heavy (non-hydrogen) atoms. The topological polar surface area (TPSA) is 27.7 Å². The minimum atomic E-state index is -0.844. The molecule has 3 nitrogen and oxygen atoms in total. The number of ether oxygens (including phenoxy) is 3. The molecular weight excluding hydrogens is 276 g/mol. The van der Waals surface area contributed by atoms with Crippen LogP contribution in [0.25, 0.3) is 0 Å². The van der Waals surface area contributed by atoms with Crippen LogP contribution in [0.1, 0.15) is 25.0 Å². The van der Waals surface area contributed by atoms with Crippen LogP contribution in [-0.4, -0.2) is 20.3 Å². The highest BCUT2D eigenvalue weighted by atomic mass is 16.7. The molecule has 0 N–H and O–H groups in total. The van der Waals surface area contributed by atoms with E-state index in [-0.39, 0.29) is 5.41 Å². The van der Waals surface area contributed by atoms with Crippen molar-refractivity contribution < 1.29 is 14.2 Å². The molecule has 0 atom stereocenters. The third-order valence-electron chi connectivity index (χ3n) is 3.96. The molecule has 0 aromatic heterocycles. The Hall–Kier alpha value is -1.84. The van der Waals surface area contributed by atoms with E-state index in [1.165, 1.54) is 0 Å². The summed E-state index contributed by atoms with van der Waals surface area (Å²) in [4.78, 5) is 0. The minimum Gasteiger partial charge on any atom is -0.497 e. The first-order valence-corrected chi connectivity index (χ1v) is 7.54. The van der Waals surface area contributed by atoms with Crippen molar-refractivity contribution >= 4 is 0 Å². The van der Waals surface area contributed by atoms with E-state index in [1.807, 2.05) is 54.6 Å². The van der Waals surface area contributed by atoms with Gasteiger partial charge in [0.05, 0.1) is 20.3 Å². The zero-order valence-corrected chi connectivity index (χ0v) is 13.3. The molecule has 1 fully saturated rings. The molecule has 2 aromatic carbocycles. The Kier molecular flexibility index (Phi) is 3.94. The Morgan fingerprint density at radius 2 is 1.36 bits per heavy atom. The second-order valence-electron chi connectivity index (χ2n) is 6.45. The average Bonchev–Trinajstić information content (AvgIpc) is 2.56. The van der Waals surface area contributed by atoms with E-state index >= 15 is 0 Å². The van der Waals surface area contributed by atoms with Crippen LogP contribution in [-0.2, 0) is 15.3 Å². The first kappa shape index (κ1) is 15.1. The average molecular weight is 298 g/mol. The fourth-order valence-electron chi connectivity index (χ4n) is 2.65. The van der Waals surface area contributed by atoms with Gasteiger partial charge in [0.15, 0.2) is 0 Å². The molecule has 1 aliphatic heterocycles. The molecule has 2 aromatic rings. The minimum absolute atomic E-state index is 0.0186. The van der Waals surface area contributed by atoms with Crippen molar-refractivity contribution in [3.8, 4) is 5.75 Å². The monoisotopic (exact) mass is 298 g/mol. The maximum absolute atomic E-state index is 6.26. The molecule has 0 unspecified atom stereocenters. The molecule has 1 aliphatic rings. The molecule has 1 saturated heterocycles. The van der Waals surface area contributed by atoms with E-state index in [2.05, 4.69) is 13.8 Å².